The summed E-state index contributed by atoms with van der Waals surface area (Å²) in [4.78, 5) is 12.1. The van der Waals surface area contributed by atoms with Crippen molar-refractivity contribution in [3.63, 3.8) is 0 Å². The number of aromatic nitrogens is 1. The van der Waals surface area contributed by atoms with E-state index in [2.05, 4.69) is 72.1 Å². The first-order chi connectivity index (χ1) is 14.0. The summed E-state index contributed by atoms with van der Waals surface area (Å²) in [6.07, 6.45) is 1.70. The van der Waals surface area contributed by atoms with Gasteiger partial charge in [-0.05, 0) is 49.7 Å². The lowest BCUT2D eigenvalue weighted by molar-refractivity contribution is -0.118. The lowest BCUT2D eigenvalue weighted by atomic mass is 10.2. The van der Waals surface area contributed by atoms with E-state index in [9.17, 15) is 4.79 Å². The van der Waals surface area contributed by atoms with Crippen LogP contribution in [0.4, 0.5) is 0 Å². The normalized spacial score (nSPS) is 11.2. The first-order valence-electron chi connectivity index (χ1n) is 9.03. The van der Waals surface area contributed by atoms with Gasteiger partial charge in [-0.15, -0.1) is 11.8 Å². The minimum absolute atomic E-state index is 0.112. The van der Waals surface area contributed by atoms with Crippen LogP contribution in [0.2, 0.25) is 0 Å². The number of carbonyl (C=O) groups excluding carboxylic acids is 1. The fraction of sp³-hybridized carbons (Fsp3) is 0.182. The summed E-state index contributed by atoms with van der Waals surface area (Å²) in [6.45, 7) is 4.10. The number of nitrogens with zero attached hydrogens (tertiary/aromatic N) is 2. The van der Waals surface area contributed by atoms with Crippen LogP contribution in [-0.2, 0) is 10.5 Å². The monoisotopic (exact) mass is 533 g/mol. The maximum absolute atomic E-state index is 12.1. The van der Waals surface area contributed by atoms with Crippen LogP contribution >= 0.6 is 43.6 Å². The minimum Gasteiger partial charge on any atom is -0.318 e. The maximum atomic E-state index is 12.1. The van der Waals surface area contributed by atoms with Crippen LogP contribution in [0.25, 0.3) is 5.69 Å². The van der Waals surface area contributed by atoms with Gasteiger partial charge in [-0.3, -0.25) is 4.79 Å². The van der Waals surface area contributed by atoms with Crippen molar-refractivity contribution in [2.24, 2.45) is 5.10 Å². The maximum Gasteiger partial charge on any atom is 0.250 e. The molecule has 7 heteroatoms. The molecule has 1 amide bonds. The second-order valence-corrected chi connectivity index (χ2v) is 9.27. The van der Waals surface area contributed by atoms with E-state index in [0.717, 1.165) is 37.3 Å². The highest BCUT2D eigenvalue weighted by molar-refractivity contribution is 9.10. The average Bonchev–Trinajstić information content (AvgIpc) is 2.97. The van der Waals surface area contributed by atoms with Gasteiger partial charge in [0.15, 0.2) is 0 Å². The molecule has 1 aromatic heterocycles. The van der Waals surface area contributed by atoms with Crippen LogP contribution in [-0.4, -0.2) is 22.4 Å². The van der Waals surface area contributed by atoms with Gasteiger partial charge in [-0.25, -0.2) is 5.43 Å². The van der Waals surface area contributed by atoms with Gasteiger partial charge in [0.05, 0.1) is 12.0 Å². The summed E-state index contributed by atoms with van der Waals surface area (Å²) in [5.41, 5.74) is 8.03. The second kappa shape index (κ2) is 10.3. The molecule has 0 aliphatic rings. The summed E-state index contributed by atoms with van der Waals surface area (Å²) < 4.78 is 4.26. The van der Waals surface area contributed by atoms with Crippen molar-refractivity contribution in [3.05, 3.63) is 86.1 Å². The van der Waals surface area contributed by atoms with Crippen LogP contribution in [0.1, 0.15) is 22.5 Å². The minimum atomic E-state index is -0.112. The zero-order chi connectivity index (χ0) is 20.8. The average molecular weight is 535 g/mol. The highest BCUT2D eigenvalue weighted by atomic mass is 79.9. The molecule has 0 saturated heterocycles. The Hall–Kier alpha value is -1.83. The van der Waals surface area contributed by atoms with Crippen LogP contribution in [0.15, 0.2) is 68.6 Å². The number of aryl methyl sites for hydroxylation is 1. The molecule has 0 spiro atoms. The van der Waals surface area contributed by atoms with Crippen molar-refractivity contribution < 1.29 is 4.79 Å². The number of hydrazone groups is 1. The van der Waals surface area contributed by atoms with Crippen molar-refractivity contribution >= 4 is 55.7 Å². The molecule has 0 radical (unpaired) electrons. The Morgan fingerprint density at radius 2 is 1.93 bits per heavy atom. The molecule has 0 fully saturated rings. The zero-order valence-electron chi connectivity index (χ0n) is 16.2. The summed E-state index contributed by atoms with van der Waals surface area (Å²) in [5.74, 6) is 1.02. The van der Waals surface area contributed by atoms with Gasteiger partial charge in [0.1, 0.15) is 0 Å². The van der Waals surface area contributed by atoms with Gasteiger partial charge in [0, 0.05) is 37.3 Å². The molecule has 29 heavy (non-hydrogen) atoms. The number of carbonyl (C=O) groups is 1. The first kappa shape index (κ1) is 21.9. The fourth-order valence-corrected chi connectivity index (χ4v) is 4.83. The summed E-state index contributed by atoms with van der Waals surface area (Å²) in [5, 5.41) is 4.14. The third kappa shape index (κ3) is 5.84. The molecule has 0 saturated carbocycles. The fourth-order valence-electron chi connectivity index (χ4n) is 3.01. The molecule has 1 heterocycles. The highest BCUT2D eigenvalue weighted by Gasteiger charge is 2.10. The Morgan fingerprint density at radius 3 is 2.69 bits per heavy atom. The van der Waals surface area contributed by atoms with Gasteiger partial charge in [-0.2, -0.15) is 5.10 Å². The van der Waals surface area contributed by atoms with E-state index in [1.165, 1.54) is 5.56 Å². The molecular weight excluding hydrogens is 514 g/mol. The third-order valence-electron chi connectivity index (χ3n) is 4.38. The van der Waals surface area contributed by atoms with Crippen molar-refractivity contribution in [1.82, 2.24) is 9.99 Å². The molecule has 3 rings (SSSR count). The number of thioether (sulfide) groups is 1. The molecule has 0 bridgehead atoms. The van der Waals surface area contributed by atoms with E-state index in [1.807, 2.05) is 43.3 Å². The largest absolute Gasteiger partial charge is 0.318 e. The third-order valence-corrected chi connectivity index (χ3v) is 6.63. The number of nitrogens with one attached hydrogen (secondary N) is 1. The van der Waals surface area contributed by atoms with Gasteiger partial charge in [0.25, 0.3) is 0 Å². The molecule has 4 nitrogen and oxygen atoms in total. The Balaban J connectivity index is 1.57. The molecule has 3 aromatic rings. The molecule has 0 aliphatic carbocycles. The van der Waals surface area contributed by atoms with Crippen LogP contribution in [0.5, 0.6) is 0 Å². The predicted octanol–water partition coefficient (Wildman–Crippen LogP) is 6.00. The number of halogens is 2. The van der Waals surface area contributed by atoms with Crippen molar-refractivity contribution in [1.29, 1.82) is 0 Å². The van der Waals surface area contributed by atoms with Crippen LogP contribution in [0, 0.1) is 13.8 Å². The molecule has 0 atom stereocenters. The van der Waals surface area contributed by atoms with Gasteiger partial charge in [0.2, 0.25) is 5.91 Å². The van der Waals surface area contributed by atoms with E-state index < -0.39 is 0 Å². The molecule has 1 N–H and O–H groups in total. The zero-order valence-corrected chi connectivity index (χ0v) is 20.1. The molecule has 0 unspecified atom stereocenters. The van der Waals surface area contributed by atoms with E-state index in [1.54, 1.807) is 18.0 Å². The number of benzene rings is 2. The number of hydrogen-bond acceptors (Lipinski definition) is 3. The lowest BCUT2D eigenvalue weighted by Crippen LogP contribution is -2.19. The van der Waals surface area contributed by atoms with E-state index in [0.29, 0.717) is 5.75 Å². The topological polar surface area (TPSA) is 46.4 Å². The van der Waals surface area contributed by atoms with Crippen LogP contribution in [0.3, 0.4) is 0 Å². The molecule has 2 aromatic carbocycles. The number of hydrogen-bond donors (Lipinski definition) is 1. The Kier molecular flexibility index (Phi) is 7.75. The summed E-state index contributed by atoms with van der Waals surface area (Å²) in [7, 11) is 0. The Bertz CT molecular complexity index is 1050. The number of amides is 1. The van der Waals surface area contributed by atoms with Crippen molar-refractivity contribution in [2.75, 3.05) is 5.75 Å². The van der Waals surface area contributed by atoms with Gasteiger partial charge in [-0.1, -0.05) is 56.1 Å². The standard InChI is InChI=1S/C22H21Br2N3OS/c1-15-10-18(16(2)27(15)20-8-5-7-19(23)11-20)12-25-26-22(28)14-29-13-17-6-3-4-9-21(17)24/h3-12H,13-14H2,1-2H3,(H,26,28)/b25-12+. The highest BCUT2D eigenvalue weighted by Crippen LogP contribution is 2.23. The van der Waals surface area contributed by atoms with E-state index >= 15 is 0 Å². The summed E-state index contributed by atoms with van der Waals surface area (Å²) >= 11 is 8.60. The SMILES string of the molecule is Cc1cc(/C=N/NC(=O)CSCc2ccccc2Br)c(C)n1-c1cccc(Br)c1. The number of rotatable bonds is 7. The van der Waals surface area contributed by atoms with Gasteiger partial charge < -0.3 is 4.57 Å². The Labute approximate surface area is 192 Å². The smallest absolute Gasteiger partial charge is 0.250 e. The molecule has 0 aliphatic heterocycles. The molecule has 150 valence electrons. The summed E-state index contributed by atoms with van der Waals surface area (Å²) in [6, 6.07) is 18.2. The van der Waals surface area contributed by atoms with Crippen molar-refractivity contribution in [2.45, 2.75) is 19.6 Å². The Morgan fingerprint density at radius 1 is 1.14 bits per heavy atom. The lowest BCUT2D eigenvalue weighted by Gasteiger charge is -2.09. The van der Waals surface area contributed by atoms with Crippen molar-refractivity contribution in [3.8, 4) is 5.69 Å². The molecular formula is C22H21Br2N3OS. The van der Waals surface area contributed by atoms with E-state index in [-0.39, 0.29) is 5.91 Å². The van der Waals surface area contributed by atoms with Crippen LogP contribution < -0.4 is 5.43 Å². The second-order valence-electron chi connectivity index (χ2n) is 6.52. The first-order valence-corrected chi connectivity index (χ1v) is 11.8. The quantitative estimate of drug-likeness (QED) is 0.298. The van der Waals surface area contributed by atoms with Gasteiger partial charge >= 0.3 is 0 Å². The predicted molar refractivity (Wildman–Crippen MR) is 129 cm³/mol. The van der Waals surface area contributed by atoms with E-state index in [4.69, 9.17) is 0 Å².